The SMILES string of the molecule is CCOc1cc(/C=c2/sc3n(c2=O)[C@@H](c2ccc(Br)cc2)C2=C(N=3)c3ccccc3CC2)ccc1OC. The Morgan fingerprint density at radius 2 is 1.89 bits per heavy atom. The number of halogens is 1. The zero-order chi connectivity index (χ0) is 25.5. The van der Waals surface area contributed by atoms with Gasteiger partial charge in [-0.05, 0) is 72.4 Å². The number of allylic oxidation sites excluding steroid dienone is 1. The van der Waals surface area contributed by atoms with Crippen molar-refractivity contribution in [3.8, 4) is 11.5 Å². The Morgan fingerprint density at radius 1 is 1.08 bits per heavy atom. The van der Waals surface area contributed by atoms with Crippen molar-refractivity contribution < 1.29 is 9.47 Å². The van der Waals surface area contributed by atoms with Crippen molar-refractivity contribution >= 4 is 39.0 Å². The standard InChI is InChI=1S/C30H25BrN2O3S/c1-3-36-25-16-18(8-15-24(25)35-2)17-26-29(34)33-28(20-9-12-21(31)13-10-20)23-14-11-19-6-4-5-7-22(19)27(23)32-30(33)37-26/h4-10,12-13,15-17,28H,3,11,14H2,1-2H3/b26-17+/t28-/m0/s1. The van der Waals surface area contributed by atoms with Gasteiger partial charge in [-0.25, -0.2) is 4.99 Å². The van der Waals surface area contributed by atoms with Crippen LogP contribution in [0.3, 0.4) is 0 Å². The summed E-state index contributed by atoms with van der Waals surface area (Å²) in [5.74, 6) is 1.33. The van der Waals surface area contributed by atoms with E-state index >= 15 is 0 Å². The van der Waals surface area contributed by atoms with Crippen molar-refractivity contribution in [1.82, 2.24) is 4.57 Å². The lowest BCUT2D eigenvalue weighted by Crippen LogP contribution is -2.38. The zero-order valence-electron chi connectivity index (χ0n) is 20.5. The molecule has 186 valence electrons. The molecule has 0 amide bonds. The highest BCUT2D eigenvalue weighted by Gasteiger charge is 2.32. The number of benzene rings is 3. The molecule has 4 aromatic rings. The van der Waals surface area contributed by atoms with Crippen LogP contribution in [0.5, 0.6) is 11.5 Å². The van der Waals surface area contributed by atoms with Gasteiger partial charge in [-0.15, -0.1) is 0 Å². The van der Waals surface area contributed by atoms with Crippen molar-refractivity contribution in [1.29, 1.82) is 0 Å². The summed E-state index contributed by atoms with van der Waals surface area (Å²) in [4.78, 5) is 19.7. The number of nitrogens with zero attached hydrogens (tertiary/aromatic N) is 2. The lowest BCUT2D eigenvalue weighted by Gasteiger charge is -2.30. The molecule has 0 saturated carbocycles. The van der Waals surface area contributed by atoms with E-state index in [0.717, 1.165) is 38.9 Å². The normalized spacial score (nSPS) is 16.5. The van der Waals surface area contributed by atoms with E-state index in [1.807, 2.05) is 47.9 Å². The highest BCUT2D eigenvalue weighted by Crippen LogP contribution is 2.41. The molecule has 1 aliphatic carbocycles. The maximum atomic E-state index is 13.9. The minimum absolute atomic E-state index is 0.0316. The Balaban J connectivity index is 1.56. The lowest BCUT2D eigenvalue weighted by molar-refractivity contribution is 0.311. The van der Waals surface area contributed by atoms with Gasteiger partial charge in [0.05, 0.1) is 30.0 Å². The van der Waals surface area contributed by atoms with Gasteiger partial charge in [-0.1, -0.05) is 69.7 Å². The van der Waals surface area contributed by atoms with E-state index < -0.39 is 0 Å². The van der Waals surface area contributed by atoms with Crippen LogP contribution < -0.4 is 24.4 Å². The molecule has 37 heavy (non-hydrogen) atoms. The summed E-state index contributed by atoms with van der Waals surface area (Å²) in [6.45, 7) is 2.47. The van der Waals surface area contributed by atoms with E-state index in [2.05, 4.69) is 52.3 Å². The summed E-state index contributed by atoms with van der Waals surface area (Å²) in [6, 6.07) is 22.3. The van der Waals surface area contributed by atoms with Crippen LogP contribution in [0, 0.1) is 0 Å². The largest absolute Gasteiger partial charge is 0.493 e. The summed E-state index contributed by atoms with van der Waals surface area (Å²) >= 11 is 4.98. The molecule has 1 aliphatic heterocycles. The number of fused-ring (bicyclic) bond motifs is 3. The first-order valence-electron chi connectivity index (χ1n) is 12.3. The third-order valence-electron chi connectivity index (χ3n) is 6.84. The van der Waals surface area contributed by atoms with Crippen molar-refractivity contribution in [2.75, 3.05) is 13.7 Å². The molecule has 1 aromatic heterocycles. The predicted octanol–water partition coefficient (Wildman–Crippen LogP) is 5.49. The van der Waals surface area contributed by atoms with Gasteiger partial charge in [0.1, 0.15) is 0 Å². The molecule has 0 bridgehead atoms. The molecule has 0 radical (unpaired) electrons. The third kappa shape index (κ3) is 4.26. The fraction of sp³-hybridized carbons (Fsp3) is 0.200. The molecule has 0 spiro atoms. The molecule has 1 atom stereocenters. The summed E-state index contributed by atoms with van der Waals surface area (Å²) < 4.78 is 14.7. The van der Waals surface area contributed by atoms with Crippen LogP contribution in [-0.2, 0) is 6.42 Å². The number of ether oxygens (including phenoxy) is 2. The van der Waals surface area contributed by atoms with Gasteiger partial charge in [-0.3, -0.25) is 9.36 Å². The highest BCUT2D eigenvalue weighted by atomic mass is 79.9. The molecule has 0 unspecified atom stereocenters. The Kier molecular flexibility index (Phi) is 6.34. The Labute approximate surface area is 227 Å². The predicted molar refractivity (Wildman–Crippen MR) is 151 cm³/mol. The number of rotatable bonds is 5. The topological polar surface area (TPSA) is 52.8 Å². The van der Waals surface area contributed by atoms with E-state index in [0.29, 0.717) is 22.6 Å². The first-order valence-corrected chi connectivity index (χ1v) is 13.9. The number of aromatic nitrogens is 1. The molecule has 6 rings (SSSR count). The number of hydrogen-bond acceptors (Lipinski definition) is 5. The van der Waals surface area contributed by atoms with Gasteiger partial charge in [0, 0.05) is 10.0 Å². The third-order valence-corrected chi connectivity index (χ3v) is 8.36. The summed E-state index contributed by atoms with van der Waals surface area (Å²) in [5.41, 5.74) is 6.61. The summed E-state index contributed by atoms with van der Waals surface area (Å²) in [6.07, 6.45) is 3.73. The summed E-state index contributed by atoms with van der Waals surface area (Å²) in [7, 11) is 1.62. The minimum atomic E-state index is -0.190. The van der Waals surface area contributed by atoms with Crippen molar-refractivity contribution in [3.63, 3.8) is 0 Å². The molecule has 7 heteroatoms. The van der Waals surface area contributed by atoms with Crippen LogP contribution in [0.15, 0.2) is 86.6 Å². The number of methoxy groups -OCH3 is 1. The lowest BCUT2D eigenvalue weighted by atomic mass is 9.83. The van der Waals surface area contributed by atoms with Gasteiger partial charge in [0.15, 0.2) is 16.3 Å². The van der Waals surface area contributed by atoms with Gasteiger partial charge >= 0.3 is 0 Å². The maximum absolute atomic E-state index is 13.9. The maximum Gasteiger partial charge on any atom is 0.271 e. The fourth-order valence-electron chi connectivity index (χ4n) is 5.17. The van der Waals surface area contributed by atoms with Crippen LogP contribution in [0.25, 0.3) is 11.8 Å². The first-order chi connectivity index (χ1) is 18.1. The molecular formula is C30H25BrN2O3S. The summed E-state index contributed by atoms with van der Waals surface area (Å²) in [5, 5.41) is 0. The van der Waals surface area contributed by atoms with Crippen LogP contribution >= 0.6 is 27.3 Å². The average Bonchev–Trinajstić information content (AvgIpc) is 3.22. The highest BCUT2D eigenvalue weighted by molar-refractivity contribution is 9.10. The average molecular weight is 574 g/mol. The fourth-order valence-corrected chi connectivity index (χ4v) is 6.44. The van der Waals surface area contributed by atoms with Crippen LogP contribution in [0.2, 0.25) is 0 Å². The molecule has 2 aliphatic rings. The van der Waals surface area contributed by atoms with Crippen LogP contribution in [0.4, 0.5) is 0 Å². The number of hydrogen-bond donors (Lipinski definition) is 0. The molecule has 0 fully saturated rings. The number of thiazole rings is 1. The van der Waals surface area contributed by atoms with Crippen molar-refractivity contribution in [2.24, 2.45) is 4.99 Å². The molecule has 3 aromatic carbocycles. The number of aryl methyl sites for hydroxylation is 1. The second-order valence-electron chi connectivity index (χ2n) is 9.01. The molecule has 0 N–H and O–H groups in total. The van der Waals surface area contributed by atoms with E-state index in [4.69, 9.17) is 14.5 Å². The van der Waals surface area contributed by atoms with E-state index in [9.17, 15) is 4.79 Å². The Hall–Kier alpha value is -3.42. The smallest absolute Gasteiger partial charge is 0.271 e. The monoisotopic (exact) mass is 572 g/mol. The van der Waals surface area contributed by atoms with Crippen LogP contribution in [0.1, 0.15) is 41.6 Å². The minimum Gasteiger partial charge on any atom is -0.493 e. The van der Waals surface area contributed by atoms with Gasteiger partial charge in [0.25, 0.3) is 5.56 Å². The van der Waals surface area contributed by atoms with E-state index in [1.54, 1.807) is 7.11 Å². The van der Waals surface area contributed by atoms with Crippen molar-refractivity contribution in [3.05, 3.63) is 119 Å². The van der Waals surface area contributed by atoms with Crippen LogP contribution in [-0.4, -0.2) is 18.3 Å². The Bertz CT molecular complexity index is 1720. The van der Waals surface area contributed by atoms with E-state index in [-0.39, 0.29) is 11.6 Å². The first kappa shape index (κ1) is 23.9. The molecule has 0 saturated heterocycles. The van der Waals surface area contributed by atoms with Crippen molar-refractivity contribution in [2.45, 2.75) is 25.8 Å². The quantitative estimate of drug-likeness (QED) is 0.318. The molecule has 5 nitrogen and oxygen atoms in total. The van der Waals surface area contributed by atoms with Gasteiger partial charge in [0.2, 0.25) is 0 Å². The zero-order valence-corrected chi connectivity index (χ0v) is 22.9. The van der Waals surface area contributed by atoms with Gasteiger partial charge < -0.3 is 9.47 Å². The second kappa shape index (κ2) is 9.80. The Morgan fingerprint density at radius 3 is 2.68 bits per heavy atom. The second-order valence-corrected chi connectivity index (χ2v) is 10.9. The molecule has 2 heterocycles. The van der Waals surface area contributed by atoms with Gasteiger partial charge in [-0.2, -0.15) is 0 Å². The molecular weight excluding hydrogens is 548 g/mol. The van der Waals surface area contributed by atoms with E-state index in [1.165, 1.54) is 28.0 Å².